The standard InChI is InChI=1S/C12H15F4NO3S/c1-7(2)10(18)6-17-9-4-3-8(13)5-11(9)21(19,20)12(14,15)16/h3-5,7,10,17-18H,6H2,1-2H3. The van der Waals surface area contributed by atoms with E-state index < -0.39 is 37.8 Å². The third kappa shape index (κ3) is 4.07. The zero-order valence-corrected chi connectivity index (χ0v) is 12.1. The molecule has 0 fully saturated rings. The molecule has 120 valence electrons. The van der Waals surface area contributed by atoms with E-state index in [1.54, 1.807) is 13.8 Å². The summed E-state index contributed by atoms with van der Waals surface area (Å²) in [6.07, 6.45) is -0.892. The molecule has 1 unspecified atom stereocenters. The summed E-state index contributed by atoms with van der Waals surface area (Å²) in [5, 5.41) is 12.0. The monoisotopic (exact) mass is 329 g/mol. The minimum absolute atomic E-state index is 0.163. The van der Waals surface area contributed by atoms with Gasteiger partial charge in [-0.15, -0.1) is 0 Å². The van der Waals surface area contributed by atoms with Gasteiger partial charge in [-0.3, -0.25) is 0 Å². The summed E-state index contributed by atoms with van der Waals surface area (Å²) in [5.74, 6) is -1.28. The molecule has 0 aromatic heterocycles. The lowest BCUT2D eigenvalue weighted by Gasteiger charge is -2.18. The van der Waals surface area contributed by atoms with Gasteiger partial charge in [0.2, 0.25) is 0 Å². The second kappa shape index (κ2) is 6.18. The third-order valence-electron chi connectivity index (χ3n) is 2.81. The van der Waals surface area contributed by atoms with Gasteiger partial charge in [-0.25, -0.2) is 12.8 Å². The Kier molecular flexibility index (Phi) is 5.21. The van der Waals surface area contributed by atoms with Crippen molar-refractivity contribution < 1.29 is 31.1 Å². The van der Waals surface area contributed by atoms with Gasteiger partial charge in [-0.05, 0) is 24.1 Å². The molecule has 0 bridgehead atoms. The molecule has 4 nitrogen and oxygen atoms in total. The third-order valence-corrected chi connectivity index (χ3v) is 4.34. The maximum absolute atomic E-state index is 13.1. The summed E-state index contributed by atoms with van der Waals surface area (Å²) in [5.41, 5.74) is -5.94. The van der Waals surface area contributed by atoms with Gasteiger partial charge >= 0.3 is 5.51 Å². The lowest BCUT2D eigenvalue weighted by atomic mass is 10.1. The van der Waals surface area contributed by atoms with E-state index in [-0.39, 0.29) is 12.5 Å². The summed E-state index contributed by atoms with van der Waals surface area (Å²) in [6, 6.07) is 2.02. The van der Waals surface area contributed by atoms with E-state index in [1.165, 1.54) is 0 Å². The minimum Gasteiger partial charge on any atom is -0.391 e. The lowest BCUT2D eigenvalue weighted by Crippen LogP contribution is -2.27. The van der Waals surface area contributed by atoms with Gasteiger partial charge in [-0.2, -0.15) is 13.2 Å². The van der Waals surface area contributed by atoms with Crippen molar-refractivity contribution >= 4 is 15.5 Å². The number of nitrogens with one attached hydrogen (secondary N) is 1. The molecule has 1 aromatic rings. The highest BCUT2D eigenvalue weighted by molar-refractivity contribution is 7.92. The summed E-state index contributed by atoms with van der Waals surface area (Å²) in [6.45, 7) is 3.21. The molecule has 0 heterocycles. The van der Waals surface area contributed by atoms with Crippen LogP contribution < -0.4 is 5.32 Å². The first-order valence-corrected chi connectivity index (χ1v) is 7.48. The van der Waals surface area contributed by atoms with Gasteiger partial charge in [0.05, 0.1) is 11.8 Å². The van der Waals surface area contributed by atoms with Crippen molar-refractivity contribution in [2.24, 2.45) is 5.92 Å². The SMILES string of the molecule is CC(C)C(O)CNc1ccc(F)cc1S(=O)(=O)C(F)(F)F. The van der Waals surface area contributed by atoms with E-state index in [9.17, 15) is 31.1 Å². The van der Waals surface area contributed by atoms with Gasteiger partial charge in [0.15, 0.2) is 0 Å². The molecule has 1 aromatic carbocycles. The number of anilines is 1. The molecule has 0 aliphatic rings. The van der Waals surface area contributed by atoms with Crippen molar-refractivity contribution in [3.05, 3.63) is 24.0 Å². The summed E-state index contributed by atoms with van der Waals surface area (Å²) >= 11 is 0. The van der Waals surface area contributed by atoms with Gasteiger partial charge in [-0.1, -0.05) is 13.8 Å². The summed E-state index contributed by atoms with van der Waals surface area (Å²) in [4.78, 5) is -1.20. The number of alkyl halides is 3. The van der Waals surface area contributed by atoms with Crippen LogP contribution in [-0.4, -0.2) is 31.7 Å². The molecule has 1 atom stereocenters. The van der Waals surface area contributed by atoms with Crippen LogP contribution in [-0.2, 0) is 9.84 Å². The molecule has 2 N–H and O–H groups in total. The smallest absolute Gasteiger partial charge is 0.391 e. The van der Waals surface area contributed by atoms with Crippen molar-refractivity contribution in [1.29, 1.82) is 0 Å². The second-order valence-corrected chi connectivity index (χ2v) is 6.69. The van der Waals surface area contributed by atoms with Crippen molar-refractivity contribution in [2.45, 2.75) is 30.4 Å². The maximum Gasteiger partial charge on any atom is 0.501 e. The summed E-state index contributed by atoms with van der Waals surface area (Å²) < 4.78 is 73.6. The Hall–Kier alpha value is -1.35. The van der Waals surface area contributed by atoms with E-state index in [1.807, 2.05) is 0 Å². The van der Waals surface area contributed by atoms with Gasteiger partial charge in [0.1, 0.15) is 10.7 Å². The molecule has 0 saturated carbocycles. The van der Waals surface area contributed by atoms with Gasteiger partial charge < -0.3 is 10.4 Å². The number of hydrogen-bond donors (Lipinski definition) is 2. The van der Waals surface area contributed by atoms with E-state index in [0.29, 0.717) is 6.07 Å². The molecule has 0 amide bonds. The first-order chi connectivity index (χ1) is 9.46. The fourth-order valence-electron chi connectivity index (χ4n) is 1.44. The Bertz CT molecular complexity index is 599. The maximum atomic E-state index is 13.1. The first kappa shape index (κ1) is 17.7. The average molecular weight is 329 g/mol. The molecule has 9 heteroatoms. The van der Waals surface area contributed by atoms with Crippen LogP contribution in [0, 0.1) is 11.7 Å². The highest BCUT2D eigenvalue weighted by Crippen LogP contribution is 2.34. The number of halogens is 4. The predicted octanol–water partition coefficient (Wildman–Crippen LogP) is 2.55. The first-order valence-electron chi connectivity index (χ1n) is 5.99. The molecular weight excluding hydrogens is 314 g/mol. The number of aliphatic hydroxyl groups excluding tert-OH is 1. The zero-order valence-electron chi connectivity index (χ0n) is 11.3. The average Bonchev–Trinajstić information content (AvgIpc) is 2.35. The number of sulfone groups is 1. The van der Waals surface area contributed by atoms with E-state index in [0.717, 1.165) is 12.1 Å². The van der Waals surface area contributed by atoms with Gasteiger partial charge in [0.25, 0.3) is 9.84 Å². The molecular formula is C12H15F4NO3S. The normalized spacial score (nSPS) is 14.3. The molecule has 0 aliphatic carbocycles. The van der Waals surface area contributed by atoms with Crippen LogP contribution in [0.15, 0.2) is 23.1 Å². The highest BCUT2D eigenvalue weighted by Gasteiger charge is 2.48. The van der Waals surface area contributed by atoms with E-state index >= 15 is 0 Å². The van der Waals surface area contributed by atoms with Crippen molar-refractivity contribution in [2.75, 3.05) is 11.9 Å². The van der Waals surface area contributed by atoms with Crippen LogP contribution in [0.3, 0.4) is 0 Å². The molecule has 1 rings (SSSR count). The Labute approximate surface area is 119 Å². The van der Waals surface area contributed by atoms with Crippen LogP contribution in [0.1, 0.15) is 13.8 Å². The van der Waals surface area contributed by atoms with Crippen LogP contribution in [0.5, 0.6) is 0 Å². The fraction of sp³-hybridized carbons (Fsp3) is 0.500. The zero-order chi connectivity index (χ0) is 16.4. The molecule has 21 heavy (non-hydrogen) atoms. The largest absolute Gasteiger partial charge is 0.501 e. The second-order valence-electron chi connectivity index (χ2n) is 4.78. The quantitative estimate of drug-likeness (QED) is 0.815. The van der Waals surface area contributed by atoms with Crippen molar-refractivity contribution in [1.82, 2.24) is 0 Å². The summed E-state index contributed by atoms with van der Waals surface area (Å²) in [7, 11) is -5.68. The van der Waals surface area contributed by atoms with Crippen molar-refractivity contribution in [3.63, 3.8) is 0 Å². The number of aliphatic hydroxyl groups is 1. The van der Waals surface area contributed by atoms with Gasteiger partial charge in [0, 0.05) is 6.54 Å². The van der Waals surface area contributed by atoms with Crippen LogP contribution in [0.2, 0.25) is 0 Å². The van der Waals surface area contributed by atoms with Crippen LogP contribution >= 0.6 is 0 Å². The highest BCUT2D eigenvalue weighted by atomic mass is 32.2. The minimum atomic E-state index is -5.68. The predicted molar refractivity (Wildman–Crippen MR) is 69.0 cm³/mol. The molecule has 0 radical (unpaired) electrons. The Morgan fingerprint density at radius 3 is 2.33 bits per heavy atom. The van der Waals surface area contributed by atoms with Crippen molar-refractivity contribution in [3.8, 4) is 0 Å². The molecule has 0 aliphatic heterocycles. The fourth-order valence-corrected chi connectivity index (χ4v) is 2.39. The van der Waals surface area contributed by atoms with E-state index in [2.05, 4.69) is 5.32 Å². The number of rotatable bonds is 5. The number of hydrogen-bond acceptors (Lipinski definition) is 4. The molecule has 0 spiro atoms. The van der Waals surface area contributed by atoms with Crippen LogP contribution in [0.4, 0.5) is 23.2 Å². The number of benzene rings is 1. The molecule has 0 saturated heterocycles. The lowest BCUT2D eigenvalue weighted by molar-refractivity contribution is -0.0435. The topological polar surface area (TPSA) is 66.4 Å². The van der Waals surface area contributed by atoms with Crippen LogP contribution in [0.25, 0.3) is 0 Å². The Morgan fingerprint density at radius 1 is 1.29 bits per heavy atom. The Morgan fingerprint density at radius 2 is 1.86 bits per heavy atom. The van der Waals surface area contributed by atoms with E-state index in [4.69, 9.17) is 0 Å². The Balaban J connectivity index is 3.18.